The molecule has 0 aromatic heterocycles. The maximum Gasteiger partial charge on any atom is 0.115 e. The number of benzene rings is 1. The standard InChI is InChI=1S/C17H28O2/c1-3-5-6-7-8-9-13-17(19-4-2)15-11-10-12-16(18)14-15/h10-12,14,17-18H,3-9,13H2,1-2H3. The minimum Gasteiger partial charge on any atom is -0.508 e. The largest absolute Gasteiger partial charge is 0.508 e. The molecule has 0 fully saturated rings. The summed E-state index contributed by atoms with van der Waals surface area (Å²) >= 11 is 0. The molecule has 0 amide bonds. The first-order chi connectivity index (χ1) is 9.27. The summed E-state index contributed by atoms with van der Waals surface area (Å²) in [6.45, 7) is 4.99. The van der Waals surface area contributed by atoms with Crippen molar-refractivity contribution in [3.63, 3.8) is 0 Å². The number of phenolic OH excluding ortho intramolecular Hbond substituents is 1. The van der Waals surface area contributed by atoms with Crippen LogP contribution in [-0.4, -0.2) is 11.7 Å². The average Bonchev–Trinajstić information content (AvgIpc) is 2.41. The fourth-order valence-electron chi connectivity index (χ4n) is 2.38. The highest BCUT2D eigenvalue weighted by Crippen LogP contribution is 2.26. The van der Waals surface area contributed by atoms with Gasteiger partial charge in [0.15, 0.2) is 0 Å². The fraction of sp³-hybridized carbons (Fsp3) is 0.647. The summed E-state index contributed by atoms with van der Waals surface area (Å²) in [6, 6.07) is 7.45. The monoisotopic (exact) mass is 264 g/mol. The number of hydrogen-bond donors (Lipinski definition) is 1. The van der Waals surface area contributed by atoms with Crippen molar-refractivity contribution < 1.29 is 9.84 Å². The molecule has 2 heteroatoms. The van der Waals surface area contributed by atoms with E-state index in [1.54, 1.807) is 6.07 Å². The molecular formula is C17H28O2. The number of rotatable bonds is 10. The number of hydrogen-bond acceptors (Lipinski definition) is 2. The fourth-order valence-corrected chi connectivity index (χ4v) is 2.38. The Morgan fingerprint density at radius 1 is 1.05 bits per heavy atom. The minimum absolute atomic E-state index is 0.128. The Balaban J connectivity index is 2.36. The Kier molecular flexibility index (Phi) is 8.31. The molecule has 0 spiro atoms. The van der Waals surface area contributed by atoms with Crippen LogP contribution in [0.25, 0.3) is 0 Å². The molecule has 108 valence electrons. The van der Waals surface area contributed by atoms with Crippen molar-refractivity contribution in [2.75, 3.05) is 6.61 Å². The van der Waals surface area contributed by atoms with Crippen molar-refractivity contribution in [1.29, 1.82) is 0 Å². The zero-order valence-corrected chi connectivity index (χ0v) is 12.4. The SMILES string of the molecule is CCCCCCCCC(OCC)c1cccc(O)c1. The van der Waals surface area contributed by atoms with Crippen molar-refractivity contribution in [3.8, 4) is 5.75 Å². The highest BCUT2D eigenvalue weighted by atomic mass is 16.5. The number of phenols is 1. The smallest absolute Gasteiger partial charge is 0.115 e. The Hall–Kier alpha value is -1.02. The molecular weight excluding hydrogens is 236 g/mol. The molecule has 1 unspecified atom stereocenters. The lowest BCUT2D eigenvalue weighted by atomic mass is 10.0. The quantitative estimate of drug-likeness (QED) is 0.587. The molecule has 0 aliphatic heterocycles. The molecule has 1 N–H and O–H groups in total. The lowest BCUT2D eigenvalue weighted by Gasteiger charge is -2.17. The van der Waals surface area contributed by atoms with Crippen LogP contribution in [0.15, 0.2) is 24.3 Å². The summed E-state index contributed by atoms with van der Waals surface area (Å²) < 4.78 is 5.80. The maximum atomic E-state index is 9.54. The predicted molar refractivity (Wildman–Crippen MR) is 80.5 cm³/mol. The van der Waals surface area contributed by atoms with Gasteiger partial charge in [-0.05, 0) is 31.0 Å². The van der Waals surface area contributed by atoms with Crippen LogP contribution in [0.5, 0.6) is 5.75 Å². The van der Waals surface area contributed by atoms with Crippen molar-refractivity contribution in [3.05, 3.63) is 29.8 Å². The van der Waals surface area contributed by atoms with Gasteiger partial charge in [-0.3, -0.25) is 0 Å². The van der Waals surface area contributed by atoms with Gasteiger partial charge in [0.05, 0.1) is 6.10 Å². The van der Waals surface area contributed by atoms with E-state index >= 15 is 0 Å². The van der Waals surface area contributed by atoms with Crippen LogP contribution in [-0.2, 0) is 4.74 Å². The van der Waals surface area contributed by atoms with Gasteiger partial charge in [0.25, 0.3) is 0 Å². The van der Waals surface area contributed by atoms with Crippen molar-refractivity contribution in [2.45, 2.75) is 64.9 Å². The Morgan fingerprint density at radius 2 is 1.79 bits per heavy atom. The minimum atomic E-state index is 0.128. The maximum absolute atomic E-state index is 9.54. The first-order valence-electron chi connectivity index (χ1n) is 7.68. The van der Waals surface area contributed by atoms with Crippen molar-refractivity contribution >= 4 is 0 Å². The van der Waals surface area contributed by atoms with E-state index < -0.39 is 0 Å². The number of aromatic hydroxyl groups is 1. The second-order valence-electron chi connectivity index (χ2n) is 5.10. The summed E-state index contributed by atoms with van der Waals surface area (Å²) in [5, 5.41) is 9.54. The summed E-state index contributed by atoms with van der Waals surface area (Å²) in [7, 11) is 0. The zero-order chi connectivity index (χ0) is 13.9. The zero-order valence-electron chi connectivity index (χ0n) is 12.4. The van der Waals surface area contributed by atoms with E-state index in [0.717, 1.165) is 18.6 Å². The molecule has 2 nitrogen and oxygen atoms in total. The molecule has 19 heavy (non-hydrogen) atoms. The van der Waals surface area contributed by atoms with Gasteiger partial charge < -0.3 is 9.84 Å². The normalized spacial score (nSPS) is 12.5. The summed E-state index contributed by atoms with van der Waals surface area (Å²) in [5.41, 5.74) is 1.09. The van der Waals surface area contributed by atoms with E-state index in [0.29, 0.717) is 5.75 Å². The second-order valence-corrected chi connectivity index (χ2v) is 5.10. The summed E-state index contributed by atoms with van der Waals surface area (Å²) in [6.07, 6.45) is 8.97. The molecule has 0 heterocycles. The molecule has 1 rings (SSSR count). The van der Waals surface area contributed by atoms with Gasteiger partial charge in [0.1, 0.15) is 5.75 Å². The van der Waals surface area contributed by atoms with Crippen LogP contribution in [0.3, 0.4) is 0 Å². The van der Waals surface area contributed by atoms with Gasteiger partial charge >= 0.3 is 0 Å². The van der Waals surface area contributed by atoms with E-state index in [1.165, 1.54) is 38.5 Å². The average molecular weight is 264 g/mol. The Bertz CT molecular complexity index is 336. The third-order valence-corrected chi connectivity index (χ3v) is 3.43. The third-order valence-electron chi connectivity index (χ3n) is 3.43. The van der Waals surface area contributed by atoms with Crippen LogP contribution in [0.4, 0.5) is 0 Å². The topological polar surface area (TPSA) is 29.5 Å². The van der Waals surface area contributed by atoms with Gasteiger partial charge in [0, 0.05) is 6.61 Å². The number of unbranched alkanes of at least 4 members (excludes halogenated alkanes) is 5. The lowest BCUT2D eigenvalue weighted by molar-refractivity contribution is 0.0540. The molecule has 1 atom stereocenters. The molecule has 0 aliphatic rings. The highest BCUT2D eigenvalue weighted by Gasteiger charge is 2.11. The summed E-state index contributed by atoms with van der Waals surface area (Å²) in [5.74, 6) is 0.324. The molecule has 1 aromatic rings. The predicted octanol–water partition coefficient (Wildman–Crippen LogP) is 5.22. The van der Waals surface area contributed by atoms with E-state index in [1.807, 2.05) is 25.1 Å². The second kappa shape index (κ2) is 9.85. The molecule has 0 aliphatic carbocycles. The number of ether oxygens (including phenoxy) is 1. The van der Waals surface area contributed by atoms with E-state index in [9.17, 15) is 5.11 Å². The molecule has 0 bridgehead atoms. The van der Waals surface area contributed by atoms with Crippen LogP contribution >= 0.6 is 0 Å². The summed E-state index contributed by atoms with van der Waals surface area (Å²) in [4.78, 5) is 0. The molecule has 0 saturated heterocycles. The van der Waals surface area contributed by atoms with Crippen molar-refractivity contribution in [1.82, 2.24) is 0 Å². The van der Waals surface area contributed by atoms with Crippen LogP contribution in [0.2, 0.25) is 0 Å². The Morgan fingerprint density at radius 3 is 2.47 bits per heavy atom. The van der Waals surface area contributed by atoms with Gasteiger partial charge in [-0.25, -0.2) is 0 Å². The van der Waals surface area contributed by atoms with Crippen LogP contribution in [0, 0.1) is 0 Å². The van der Waals surface area contributed by atoms with Crippen LogP contribution < -0.4 is 0 Å². The highest BCUT2D eigenvalue weighted by molar-refractivity contribution is 5.28. The first kappa shape index (κ1) is 16.0. The first-order valence-corrected chi connectivity index (χ1v) is 7.68. The van der Waals surface area contributed by atoms with Crippen LogP contribution in [0.1, 0.15) is 70.5 Å². The Labute approximate surface area is 117 Å². The third kappa shape index (κ3) is 6.63. The van der Waals surface area contributed by atoms with Gasteiger partial charge in [-0.1, -0.05) is 57.6 Å². The van der Waals surface area contributed by atoms with Gasteiger partial charge in [-0.15, -0.1) is 0 Å². The lowest BCUT2D eigenvalue weighted by Crippen LogP contribution is -2.04. The molecule has 1 aromatic carbocycles. The van der Waals surface area contributed by atoms with Gasteiger partial charge in [0.2, 0.25) is 0 Å². The molecule has 0 radical (unpaired) electrons. The molecule has 0 saturated carbocycles. The van der Waals surface area contributed by atoms with Gasteiger partial charge in [-0.2, -0.15) is 0 Å². The van der Waals surface area contributed by atoms with E-state index in [4.69, 9.17) is 4.74 Å². The van der Waals surface area contributed by atoms with Crippen molar-refractivity contribution in [2.24, 2.45) is 0 Å². The van der Waals surface area contributed by atoms with E-state index in [-0.39, 0.29) is 6.10 Å². The van der Waals surface area contributed by atoms with E-state index in [2.05, 4.69) is 6.92 Å².